The van der Waals surface area contributed by atoms with Gasteiger partial charge in [-0.15, -0.1) is 0 Å². The van der Waals surface area contributed by atoms with Crippen LogP contribution >= 0.6 is 0 Å². The third-order valence-electron chi connectivity index (χ3n) is 3.20. The molecule has 0 aliphatic carbocycles. The van der Waals surface area contributed by atoms with Crippen LogP contribution in [0.15, 0.2) is 0 Å². The maximum absolute atomic E-state index is 10.3. The van der Waals surface area contributed by atoms with Crippen LogP contribution in [0.1, 0.15) is 32.6 Å². The molecule has 4 heteroatoms. The van der Waals surface area contributed by atoms with Crippen molar-refractivity contribution in [2.75, 3.05) is 27.4 Å². The maximum atomic E-state index is 10.3. The highest BCUT2D eigenvalue weighted by molar-refractivity contribution is 4.79. The molecular formula is C12H24O4. The van der Waals surface area contributed by atoms with Gasteiger partial charge in [-0.2, -0.15) is 0 Å². The highest BCUT2D eigenvalue weighted by Gasteiger charge is 2.29. The second-order valence-electron chi connectivity index (χ2n) is 4.86. The molecule has 1 unspecified atom stereocenters. The van der Waals surface area contributed by atoms with Crippen LogP contribution in [-0.4, -0.2) is 44.4 Å². The minimum atomic E-state index is -0.724. The minimum Gasteiger partial charge on any atom is -0.390 e. The summed E-state index contributed by atoms with van der Waals surface area (Å²) >= 11 is 0. The van der Waals surface area contributed by atoms with Crippen LogP contribution in [0.3, 0.4) is 0 Å². The van der Waals surface area contributed by atoms with Crippen molar-refractivity contribution in [2.24, 2.45) is 5.92 Å². The second kappa shape index (κ2) is 6.55. The fraction of sp³-hybridized carbons (Fsp3) is 1.00. The van der Waals surface area contributed by atoms with Crippen molar-refractivity contribution in [2.45, 2.75) is 44.5 Å². The van der Waals surface area contributed by atoms with E-state index in [1.54, 1.807) is 14.2 Å². The van der Waals surface area contributed by atoms with Crippen molar-refractivity contribution in [1.29, 1.82) is 0 Å². The van der Waals surface area contributed by atoms with Crippen molar-refractivity contribution in [3.8, 4) is 0 Å². The Balaban J connectivity index is 2.36. The van der Waals surface area contributed by atoms with E-state index >= 15 is 0 Å². The lowest BCUT2D eigenvalue weighted by Gasteiger charge is -2.32. The Labute approximate surface area is 97.9 Å². The first-order chi connectivity index (χ1) is 7.57. The lowest BCUT2D eigenvalue weighted by molar-refractivity contribution is -0.145. The molecule has 1 rings (SSSR count). The molecule has 0 radical (unpaired) electrons. The molecule has 0 amide bonds. The third-order valence-corrected chi connectivity index (χ3v) is 3.20. The van der Waals surface area contributed by atoms with Gasteiger partial charge in [-0.25, -0.2) is 0 Å². The molecule has 0 bridgehead atoms. The van der Waals surface area contributed by atoms with Gasteiger partial charge in [-0.3, -0.25) is 0 Å². The van der Waals surface area contributed by atoms with E-state index in [1.807, 2.05) is 6.92 Å². The maximum Gasteiger partial charge on any atom is 0.159 e. The first kappa shape index (κ1) is 13.9. The molecular weight excluding hydrogens is 208 g/mol. The predicted molar refractivity (Wildman–Crippen MR) is 61.2 cm³/mol. The van der Waals surface area contributed by atoms with Crippen molar-refractivity contribution < 1.29 is 19.3 Å². The van der Waals surface area contributed by atoms with Crippen molar-refractivity contribution >= 4 is 0 Å². The van der Waals surface area contributed by atoms with Crippen LogP contribution in [0, 0.1) is 5.92 Å². The van der Waals surface area contributed by atoms with E-state index in [0.29, 0.717) is 12.3 Å². The summed E-state index contributed by atoms with van der Waals surface area (Å²) in [7, 11) is 3.19. The zero-order valence-electron chi connectivity index (χ0n) is 10.6. The highest BCUT2D eigenvalue weighted by Crippen LogP contribution is 2.28. The largest absolute Gasteiger partial charge is 0.390 e. The molecule has 1 N–H and O–H groups in total. The molecule has 4 nitrogen and oxygen atoms in total. The van der Waals surface area contributed by atoms with Crippen molar-refractivity contribution in [3.63, 3.8) is 0 Å². The Hall–Kier alpha value is -0.160. The van der Waals surface area contributed by atoms with E-state index in [-0.39, 0.29) is 6.29 Å². The van der Waals surface area contributed by atoms with E-state index in [4.69, 9.17) is 14.2 Å². The Morgan fingerprint density at radius 3 is 2.38 bits per heavy atom. The summed E-state index contributed by atoms with van der Waals surface area (Å²) in [4.78, 5) is 0. The van der Waals surface area contributed by atoms with E-state index in [1.165, 1.54) is 0 Å². The summed E-state index contributed by atoms with van der Waals surface area (Å²) in [5.41, 5.74) is -0.724. The first-order valence-electron chi connectivity index (χ1n) is 5.93. The number of aliphatic hydroxyl groups is 1. The standard InChI is InChI=1S/C12H24O4/c1-12(13,9-11(14-2)15-3)8-10-4-6-16-7-5-10/h10-11,13H,4-9H2,1-3H3. The van der Waals surface area contributed by atoms with E-state index in [0.717, 1.165) is 32.5 Å². The van der Waals surface area contributed by atoms with Gasteiger partial charge in [-0.05, 0) is 32.1 Å². The zero-order valence-corrected chi connectivity index (χ0v) is 10.6. The summed E-state index contributed by atoms with van der Waals surface area (Å²) in [6.45, 7) is 3.49. The third kappa shape index (κ3) is 4.78. The molecule has 1 saturated heterocycles. The molecule has 0 aromatic heterocycles. The van der Waals surface area contributed by atoms with E-state index in [9.17, 15) is 5.11 Å². The van der Waals surface area contributed by atoms with Crippen LogP contribution in [0.4, 0.5) is 0 Å². The number of rotatable bonds is 6. The van der Waals surface area contributed by atoms with Gasteiger partial charge in [0.05, 0.1) is 5.60 Å². The van der Waals surface area contributed by atoms with Gasteiger partial charge in [-0.1, -0.05) is 0 Å². The Morgan fingerprint density at radius 1 is 1.31 bits per heavy atom. The number of hydrogen-bond donors (Lipinski definition) is 1. The van der Waals surface area contributed by atoms with Crippen LogP contribution < -0.4 is 0 Å². The van der Waals surface area contributed by atoms with Crippen LogP contribution in [0.2, 0.25) is 0 Å². The predicted octanol–water partition coefficient (Wildman–Crippen LogP) is 1.56. The highest BCUT2D eigenvalue weighted by atomic mass is 16.7. The normalized spacial score (nSPS) is 22.3. The fourth-order valence-corrected chi connectivity index (χ4v) is 2.28. The zero-order chi connectivity index (χ0) is 12.0. The smallest absolute Gasteiger partial charge is 0.159 e. The van der Waals surface area contributed by atoms with Gasteiger partial charge >= 0.3 is 0 Å². The molecule has 1 heterocycles. The van der Waals surface area contributed by atoms with Crippen molar-refractivity contribution in [1.82, 2.24) is 0 Å². The number of hydrogen-bond acceptors (Lipinski definition) is 4. The summed E-state index contributed by atoms with van der Waals surface area (Å²) in [6, 6.07) is 0. The monoisotopic (exact) mass is 232 g/mol. The average Bonchev–Trinajstić information content (AvgIpc) is 2.26. The van der Waals surface area contributed by atoms with Gasteiger partial charge < -0.3 is 19.3 Å². The molecule has 1 aliphatic rings. The van der Waals surface area contributed by atoms with Crippen LogP contribution in [-0.2, 0) is 14.2 Å². The molecule has 96 valence electrons. The summed E-state index contributed by atoms with van der Waals surface area (Å²) in [5.74, 6) is 0.554. The minimum absolute atomic E-state index is 0.324. The van der Waals surface area contributed by atoms with Gasteiger partial charge in [0.25, 0.3) is 0 Å². The molecule has 0 spiro atoms. The summed E-state index contributed by atoms with van der Waals surface area (Å²) in [5, 5.41) is 10.3. The SMILES string of the molecule is COC(CC(C)(O)CC1CCOCC1)OC. The lowest BCUT2D eigenvalue weighted by Crippen LogP contribution is -2.35. The lowest BCUT2D eigenvalue weighted by atomic mass is 9.85. The Kier molecular flexibility index (Phi) is 5.69. The topological polar surface area (TPSA) is 47.9 Å². The van der Waals surface area contributed by atoms with E-state index in [2.05, 4.69) is 0 Å². The van der Waals surface area contributed by atoms with Gasteiger partial charge in [0.15, 0.2) is 6.29 Å². The molecule has 0 aromatic rings. The van der Waals surface area contributed by atoms with Crippen LogP contribution in [0.5, 0.6) is 0 Å². The Bertz CT molecular complexity index is 183. The molecule has 0 aromatic carbocycles. The molecule has 16 heavy (non-hydrogen) atoms. The first-order valence-corrected chi connectivity index (χ1v) is 5.93. The summed E-state index contributed by atoms with van der Waals surface area (Å²) in [6.07, 6.45) is 3.06. The van der Waals surface area contributed by atoms with Gasteiger partial charge in [0.1, 0.15) is 0 Å². The van der Waals surface area contributed by atoms with Crippen molar-refractivity contribution in [3.05, 3.63) is 0 Å². The van der Waals surface area contributed by atoms with E-state index < -0.39 is 5.60 Å². The average molecular weight is 232 g/mol. The quantitative estimate of drug-likeness (QED) is 0.706. The number of methoxy groups -OCH3 is 2. The summed E-state index contributed by atoms with van der Waals surface area (Å²) < 4.78 is 15.5. The molecule has 1 aliphatic heterocycles. The number of ether oxygens (including phenoxy) is 3. The van der Waals surface area contributed by atoms with Crippen LogP contribution in [0.25, 0.3) is 0 Å². The molecule has 0 saturated carbocycles. The van der Waals surface area contributed by atoms with Gasteiger partial charge in [0, 0.05) is 33.9 Å². The molecule has 1 fully saturated rings. The fourth-order valence-electron chi connectivity index (χ4n) is 2.28. The Morgan fingerprint density at radius 2 is 1.88 bits per heavy atom. The molecule has 1 atom stereocenters. The van der Waals surface area contributed by atoms with Gasteiger partial charge in [0.2, 0.25) is 0 Å². The second-order valence-corrected chi connectivity index (χ2v) is 4.86.